The topological polar surface area (TPSA) is 93.1 Å². The van der Waals surface area contributed by atoms with Crippen LogP contribution in [0.5, 0.6) is 11.5 Å². The molecule has 0 radical (unpaired) electrons. The normalized spacial score (nSPS) is 15.0. The minimum atomic E-state index is -1.16. The Labute approximate surface area is 186 Å². The van der Waals surface area contributed by atoms with E-state index in [0.29, 0.717) is 10.6 Å². The molecule has 7 nitrogen and oxygen atoms in total. The average molecular weight is 468 g/mol. The Kier molecular flexibility index (Phi) is 6.91. The molecule has 1 N–H and O–H groups in total. The molecule has 2 aromatic carbocycles. The van der Waals surface area contributed by atoms with E-state index in [2.05, 4.69) is 0 Å². The molecule has 0 aromatic heterocycles. The van der Waals surface area contributed by atoms with E-state index in [9.17, 15) is 14.4 Å². The maximum atomic E-state index is 12.7. The minimum Gasteiger partial charge on any atom is -0.493 e. The fourth-order valence-electron chi connectivity index (χ4n) is 2.66. The highest BCUT2D eigenvalue weighted by Crippen LogP contribution is 2.39. The molecule has 156 valence electrons. The van der Waals surface area contributed by atoms with Crippen LogP contribution in [0, 0.1) is 0 Å². The highest BCUT2D eigenvalue weighted by molar-refractivity contribution is 8.18. The first kappa shape index (κ1) is 22.0. The predicted octanol–water partition coefficient (Wildman–Crippen LogP) is 4.70. The van der Waals surface area contributed by atoms with Gasteiger partial charge < -0.3 is 14.6 Å². The molecule has 30 heavy (non-hydrogen) atoms. The Morgan fingerprint density at radius 2 is 1.90 bits per heavy atom. The predicted molar refractivity (Wildman–Crippen MR) is 114 cm³/mol. The van der Waals surface area contributed by atoms with Crippen molar-refractivity contribution in [3.63, 3.8) is 0 Å². The standard InChI is InChI=1S/C20H15Cl2NO6S/c1-28-15-7-12(6-14(22)18(15)29-10-17(24)25)8-16-19(26)23(20(27)30-16)9-11-2-4-13(21)5-3-11/h2-8H,9-10H2,1H3,(H,24,25)/b16-8-. The molecular formula is C20H15Cl2NO6S. The Bertz CT molecular complexity index is 1040. The number of halogens is 2. The molecule has 1 aliphatic rings. The maximum Gasteiger partial charge on any atom is 0.341 e. The fourth-order valence-corrected chi connectivity index (χ4v) is 3.90. The number of benzene rings is 2. The number of amides is 2. The molecule has 1 aliphatic heterocycles. The molecule has 0 unspecified atom stereocenters. The van der Waals surface area contributed by atoms with E-state index < -0.39 is 18.5 Å². The summed E-state index contributed by atoms with van der Waals surface area (Å²) in [4.78, 5) is 37.1. The summed E-state index contributed by atoms with van der Waals surface area (Å²) in [6, 6.07) is 9.90. The van der Waals surface area contributed by atoms with Crippen LogP contribution in [0.2, 0.25) is 10.0 Å². The number of carboxylic acid groups (broad SMARTS) is 1. The molecule has 1 saturated heterocycles. The number of thioether (sulfide) groups is 1. The molecule has 0 atom stereocenters. The zero-order chi connectivity index (χ0) is 21.8. The second kappa shape index (κ2) is 9.42. The number of rotatable bonds is 7. The molecule has 0 spiro atoms. The van der Waals surface area contributed by atoms with Gasteiger partial charge in [0.05, 0.1) is 23.6 Å². The third-order valence-electron chi connectivity index (χ3n) is 4.02. The monoisotopic (exact) mass is 467 g/mol. The highest BCUT2D eigenvalue weighted by Gasteiger charge is 2.35. The summed E-state index contributed by atoms with van der Waals surface area (Å²) in [5.74, 6) is -1.31. The van der Waals surface area contributed by atoms with Gasteiger partial charge >= 0.3 is 5.97 Å². The van der Waals surface area contributed by atoms with Crippen LogP contribution in [0.3, 0.4) is 0 Å². The fraction of sp³-hybridized carbons (Fsp3) is 0.150. The lowest BCUT2D eigenvalue weighted by Gasteiger charge is -2.13. The molecule has 0 saturated carbocycles. The summed E-state index contributed by atoms with van der Waals surface area (Å²) in [7, 11) is 1.38. The van der Waals surface area contributed by atoms with Crippen LogP contribution in [0.25, 0.3) is 6.08 Å². The number of imide groups is 1. The van der Waals surface area contributed by atoms with Crippen molar-refractivity contribution in [1.29, 1.82) is 0 Å². The molecular weight excluding hydrogens is 453 g/mol. The summed E-state index contributed by atoms with van der Waals surface area (Å²) in [5, 5.41) is 9.06. The minimum absolute atomic E-state index is 0.0783. The zero-order valence-electron chi connectivity index (χ0n) is 15.6. The molecule has 2 aromatic rings. The van der Waals surface area contributed by atoms with E-state index in [4.69, 9.17) is 37.8 Å². The first-order valence-corrected chi connectivity index (χ1v) is 10.1. The smallest absolute Gasteiger partial charge is 0.341 e. The van der Waals surface area contributed by atoms with E-state index in [0.717, 1.165) is 22.2 Å². The van der Waals surface area contributed by atoms with Gasteiger partial charge in [-0.15, -0.1) is 0 Å². The van der Waals surface area contributed by atoms with E-state index in [-0.39, 0.29) is 33.2 Å². The van der Waals surface area contributed by atoms with Crippen molar-refractivity contribution in [3.05, 3.63) is 62.5 Å². The second-order valence-electron chi connectivity index (χ2n) is 6.11. The van der Waals surface area contributed by atoms with E-state index in [1.54, 1.807) is 24.3 Å². The van der Waals surface area contributed by atoms with Crippen molar-refractivity contribution in [3.8, 4) is 11.5 Å². The lowest BCUT2D eigenvalue weighted by Crippen LogP contribution is -2.27. The lowest BCUT2D eigenvalue weighted by molar-refractivity contribution is -0.139. The van der Waals surface area contributed by atoms with Crippen LogP contribution in [0.1, 0.15) is 11.1 Å². The van der Waals surface area contributed by atoms with Gasteiger partial charge in [-0.3, -0.25) is 14.5 Å². The van der Waals surface area contributed by atoms with Crippen LogP contribution in [-0.2, 0) is 16.1 Å². The van der Waals surface area contributed by atoms with Crippen molar-refractivity contribution in [2.24, 2.45) is 0 Å². The molecule has 0 bridgehead atoms. The summed E-state index contributed by atoms with van der Waals surface area (Å²) in [6.45, 7) is -0.454. The van der Waals surface area contributed by atoms with E-state index >= 15 is 0 Å². The van der Waals surface area contributed by atoms with Gasteiger partial charge in [-0.2, -0.15) is 0 Å². The Morgan fingerprint density at radius 1 is 1.20 bits per heavy atom. The summed E-state index contributed by atoms with van der Waals surface area (Å²) >= 11 is 12.9. The molecule has 2 amide bonds. The maximum absolute atomic E-state index is 12.7. The number of methoxy groups -OCH3 is 1. The van der Waals surface area contributed by atoms with Crippen molar-refractivity contribution in [2.75, 3.05) is 13.7 Å². The van der Waals surface area contributed by atoms with Crippen LogP contribution in [0.15, 0.2) is 41.3 Å². The van der Waals surface area contributed by atoms with Crippen molar-refractivity contribution < 1.29 is 29.0 Å². The number of hydrogen-bond donors (Lipinski definition) is 1. The summed E-state index contributed by atoms with van der Waals surface area (Å²) < 4.78 is 10.4. The van der Waals surface area contributed by atoms with Crippen molar-refractivity contribution in [1.82, 2.24) is 4.90 Å². The van der Waals surface area contributed by atoms with Crippen LogP contribution in [-0.4, -0.2) is 40.8 Å². The number of ether oxygens (including phenoxy) is 2. The first-order chi connectivity index (χ1) is 14.3. The Morgan fingerprint density at radius 3 is 2.53 bits per heavy atom. The average Bonchev–Trinajstić information content (AvgIpc) is 2.95. The number of nitrogens with zero attached hydrogens (tertiary/aromatic N) is 1. The molecule has 10 heteroatoms. The van der Waals surface area contributed by atoms with Gasteiger partial charge in [-0.25, -0.2) is 4.79 Å². The van der Waals surface area contributed by atoms with Gasteiger partial charge in [0.25, 0.3) is 11.1 Å². The van der Waals surface area contributed by atoms with Crippen molar-refractivity contribution >= 4 is 58.2 Å². The number of aliphatic carboxylic acids is 1. The van der Waals surface area contributed by atoms with Gasteiger partial charge in [-0.1, -0.05) is 35.3 Å². The Balaban J connectivity index is 1.83. The largest absolute Gasteiger partial charge is 0.493 e. The zero-order valence-corrected chi connectivity index (χ0v) is 17.9. The molecule has 1 heterocycles. The molecule has 1 fully saturated rings. The third-order valence-corrected chi connectivity index (χ3v) is 5.46. The number of carbonyl (C=O) groups is 3. The van der Waals surface area contributed by atoms with Crippen LogP contribution >= 0.6 is 35.0 Å². The third kappa shape index (κ3) is 5.08. The lowest BCUT2D eigenvalue weighted by atomic mass is 10.1. The molecule has 0 aliphatic carbocycles. The van der Waals surface area contributed by atoms with E-state index in [1.807, 2.05) is 0 Å². The van der Waals surface area contributed by atoms with Crippen LogP contribution < -0.4 is 9.47 Å². The number of carboxylic acids is 1. The van der Waals surface area contributed by atoms with Crippen molar-refractivity contribution in [2.45, 2.75) is 6.54 Å². The highest BCUT2D eigenvalue weighted by atomic mass is 35.5. The van der Waals surface area contributed by atoms with Gasteiger partial charge in [0.2, 0.25) is 0 Å². The van der Waals surface area contributed by atoms with Gasteiger partial charge in [0.15, 0.2) is 18.1 Å². The summed E-state index contributed by atoms with van der Waals surface area (Å²) in [5.41, 5.74) is 1.27. The number of hydrogen-bond acceptors (Lipinski definition) is 6. The Hall–Kier alpha value is -2.68. The first-order valence-electron chi connectivity index (χ1n) is 8.50. The van der Waals surface area contributed by atoms with Gasteiger partial charge in [-0.05, 0) is 53.2 Å². The van der Waals surface area contributed by atoms with Gasteiger partial charge in [0, 0.05) is 5.02 Å². The van der Waals surface area contributed by atoms with Gasteiger partial charge in [0.1, 0.15) is 0 Å². The number of carbonyl (C=O) groups excluding carboxylic acids is 2. The second-order valence-corrected chi connectivity index (χ2v) is 7.95. The quantitative estimate of drug-likeness (QED) is 0.589. The van der Waals surface area contributed by atoms with Crippen LogP contribution in [0.4, 0.5) is 4.79 Å². The SMILES string of the molecule is COc1cc(/C=C2\SC(=O)N(Cc3ccc(Cl)cc3)C2=O)cc(Cl)c1OCC(=O)O. The molecule has 3 rings (SSSR count). The summed E-state index contributed by atoms with van der Waals surface area (Å²) in [6.07, 6.45) is 1.52. The van der Waals surface area contributed by atoms with E-state index in [1.165, 1.54) is 25.3 Å².